The number of fused-ring (bicyclic) bond motifs is 3. The lowest BCUT2D eigenvalue weighted by Gasteiger charge is -2.14. The van der Waals surface area contributed by atoms with Crippen molar-refractivity contribution in [2.45, 2.75) is 25.3 Å². The molecule has 0 radical (unpaired) electrons. The molecule has 170 valence electrons. The van der Waals surface area contributed by atoms with Crippen LogP contribution in [0, 0.1) is 0 Å². The lowest BCUT2D eigenvalue weighted by molar-refractivity contribution is -0.137. The molecular weight excluding hydrogens is 424 g/mol. The normalized spacial score (nSPS) is 13.0. The van der Waals surface area contributed by atoms with Crippen molar-refractivity contribution in [3.8, 4) is 11.1 Å². The van der Waals surface area contributed by atoms with Crippen molar-refractivity contribution in [1.82, 2.24) is 15.1 Å². The Balaban J connectivity index is 1.39. The van der Waals surface area contributed by atoms with Crippen molar-refractivity contribution in [1.29, 1.82) is 0 Å². The Hall–Kier alpha value is -4.14. The number of aromatic nitrogens is 2. The van der Waals surface area contributed by atoms with E-state index in [1.807, 2.05) is 36.4 Å². The zero-order chi connectivity index (χ0) is 23.5. The summed E-state index contributed by atoms with van der Waals surface area (Å²) in [5.41, 5.74) is 4.68. The fourth-order valence-corrected chi connectivity index (χ4v) is 4.09. The van der Waals surface area contributed by atoms with Gasteiger partial charge in [0.2, 0.25) is 0 Å². The van der Waals surface area contributed by atoms with Crippen LogP contribution in [0.3, 0.4) is 0 Å². The Morgan fingerprint density at radius 2 is 1.70 bits per heavy atom. The van der Waals surface area contributed by atoms with E-state index in [2.05, 4.69) is 27.9 Å². The van der Waals surface area contributed by atoms with Gasteiger partial charge in [-0.25, -0.2) is 4.79 Å². The number of hydrogen-bond acceptors (Lipinski definition) is 5. The molecule has 0 saturated heterocycles. The molecule has 2 aromatic carbocycles. The number of hydrogen-bond donors (Lipinski definition) is 3. The second-order valence-electron chi connectivity index (χ2n) is 7.96. The fraction of sp³-hybridized carbons (Fsp3) is 0.250. The molecule has 9 nitrogen and oxygen atoms in total. The minimum absolute atomic E-state index is 0.0658. The number of benzene rings is 2. The van der Waals surface area contributed by atoms with Crippen LogP contribution in [0.1, 0.15) is 40.9 Å². The maximum absolute atomic E-state index is 12.4. The second-order valence-corrected chi connectivity index (χ2v) is 7.96. The van der Waals surface area contributed by atoms with E-state index in [-0.39, 0.29) is 30.5 Å². The molecule has 0 aliphatic heterocycles. The third kappa shape index (κ3) is 4.72. The van der Waals surface area contributed by atoms with Gasteiger partial charge in [0.25, 0.3) is 5.91 Å². The highest BCUT2D eigenvalue weighted by molar-refractivity contribution is 5.95. The molecule has 0 saturated carbocycles. The SMILES string of the molecule is CC(CC(=O)O)NC(=O)c1cc(NC(=O)OCC2c3ccccc3-c3ccccc32)nn1C. The van der Waals surface area contributed by atoms with E-state index in [1.165, 1.54) is 10.7 Å². The van der Waals surface area contributed by atoms with Crippen molar-refractivity contribution >= 4 is 23.8 Å². The molecule has 4 rings (SSSR count). The Labute approximate surface area is 190 Å². The molecule has 0 bridgehead atoms. The minimum atomic E-state index is -1.01. The zero-order valence-corrected chi connectivity index (χ0v) is 18.2. The first-order chi connectivity index (χ1) is 15.8. The van der Waals surface area contributed by atoms with Crippen LogP contribution in [-0.4, -0.2) is 45.5 Å². The Morgan fingerprint density at radius 1 is 1.09 bits per heavy atom. The van der Waals surface area contributed by atoms with Gasteiger partial charge in [-0.05, 0) is 29.2 Å². The molecule has 1 aliphatic rings. The first-order valence-electron chi connectivity index (χ1n) is 10.5. The number of amides is 2. The Kier molecular flexibility index (Phi) is 6.12. The number of rotatable bonds is 7. The summed E-state index contributed by atoms with van der Waals surface area (Å²) in [6.45, 7) is 1.75. The molecule has 3 aromatic rings. The molecule has 0 fully saturated rings. The minimum Gasteiger partial charge on any atom is -0.481 e. The molecule has 3 N–H and O–H groups in total. The van der Waals surface area contributed by atoms with Crippen LogP contribution < -0.4 is 10.6 Å². The summed E-state index contributed by atoms with van der Waals surface area (Å²) in [6, 6.07) is 17.0. The van der Waals surface area contributed by atoms with Gasteiger partial charge in [0.05, 0.1) is 6.42 Å². The van der Waals surface area contributed by atoms with Gasteiger partial charge < -0.3 is 15.2 Å². The van der Waals surface area contributed by atoms with Gasteiger partial charge in [0.15, 0.2) is 5.82 Å². The van der Waals surface area contributed by atoms with Crippen molar-refractivity contribution in [2.24, 2.45) is 7.05 Å². The van der Waals surface area contributed by atoms with Gasteiger partial charge in [-0.15, -0.1) is 0 Å². The van der Waals surface area contributed by atoms with E-state index < -0.39 is 24.0 Å². The number of carbonyl (C=O) groups is 3. The van der Waals surface area contributed by atoms with Gasteiger partial charge in [-0.1, -0.05) is 48.5 Å². The van der Waals surface area contributed by atoms with Crippen LogP contribution >= 0.6 is 0 Å². The second kappa shape index (κ2) is 9.15. The topological polar surface area (TPSA) is 123 Å². The van der Waals surface area contributed by atoms with Gasteiger partial charge in [-0.2, -0.15) is 5.10 Å². The molecule has 0 spiro atoms. The Bertz CT molecular complexity index is 1170. The third-order valence-corrected chi connectivity index (χ3v) is 5.54. The maximum Gasteiger partial charge on any atom is 0.412 e. The van der Waals surface area contributed by atoms with Crippen LogP contribution in [-0.2, 0) is 16.6 Å². The summed E-state index contributed by atoms with van der Waals surface area (Å²) in [4.78, 5) is 35.6. The maximum atomic E-state index is 12.4. The highest BCUT2D eigenvalue weighted by Crippen LogP contribution is 2.44. The summed E-state index contributed by atoms with van der Waals surface area (Å²) < 4.78 is 6.80. The third-order valence-electron chi connectivity index (χ3n) is 5.54. The van der Waals surface area contributed by atoms with Crippen LogP contribution in [0.15, 0.2) is 54.6 Å². The van der Waals surface area contributed by atoms with Crippen molar-refractivity contribution in [3.63, 3.8) is 0 Å². The molecule has 33 heavy (non-hydrogen) atoms. The first-order valence-corrected chi connectivity index (χ1v) is 10.5. The van der Waals surface area contributed by atoms with Crippen LogP contribution in [0.2, 0.25) is 0 Å². The van der Waals surface area contributed by atoms with Gasteiger partial charge in [-0.3, -0.25) is 19.6 Å². The quantitative estimate of drug-likeness (QED) is 0.509. The van der Waals surface area contributed by atoms with Crippen LogP contribution in [0.4, 0.5) is 10.6 Å². The highest BCUT2D eigenvalue weighted by atomic mass is 16.5. The smallest absolute Gasteiger partial charge is 0.412 e. The summed E-state index contributed by atoms with van der Waals surface area (Å²) in [7, 11) is 1.56. The van der Waals surface area contributed by atoms with Crippen LogP contribution in [0.25, 0.3) is 11.1 Å². The van der Waals surface area contributed by atoms with E-state index in [4.69, 9.17) is 9.84 Å². The molecule has 1 unspecified atom stereocenters. The molecule has 1 heterocycles. The lowest BCUT2D eigenvalue weighted by Crippen LogP contribution is -2.35. The molecular formula is C24H24N4O5. The van der Waals surface area contributed by atoms with E-state index in [1.54, 1.807) is 14.0 Å². The van der Waals surface area contributed by atoms with E-state index in [0.29, 0.717) is 0 Å². The van der Waals surface area contributed by atoms with Gasteiger partial charge >= 0.3 is 12.1 Å². The van der Waals surface area contributed by atoms with E-state index >= 15 is 0 Å². The summed E-state index contributed by atoms with van der Waals surface area (Å²) in [6.07, 6.45) is -0.879. The highest BCUT2D eigenvalue weighted by Gasteiger charge is 2.29. The summed E-state index contributed by atoms with van der Waals surface area (Å²) in [5, 5.41) is 18.1. The fourth-order valence-electron chi connectivity index (χ4n) is 4.09. The van der Waals surface area contributed by atoms with Crippen LogP contribution in [0.5, 0.6) is 0 Å². The molecule has 1 aliphatic carbocycles. The number of carboxylic acids is 1. The number of nitrogens with zero attached hydrogens (tertiary/aromatic N) is 2. The first kappa shape index (κ1) is 22.1. The van der Waals surface area contributed by atoms with Gasteiger partial charge in [0.1, 0.15) is 12.3 Å². The predicted octanol–water partition coefficient (Wildman–Crippen LogP) is 3.37. The largest absolute Gasteiger partial charge is 0.481 e. The predicted molar refractivity (Wildman–Crippen MR) is 121 cm³/mol. The summed E-state index contributed by atoms with van der Waals surface area (Å²) in [5.74, 6) is -1.40. The van der Waals surface area contributed by atoms with Crippen molar-refractivity contribution in [2.75, 3.05) is 11.9 Å². The van der Waals surface area contributed by atoms with E-state index in [0.717, 1.165) is 22.3 Å². The number of nitrogens with one attached hydrogen (secondary N) is 2. The van der Waals surface area contributed by atoms with Gasteiger partial charge in [0, 0.05) is 25.1 Å². The number of carboxylic acid groups (broad SMARTS) is 1. The standard InChI is InChI=1S/C24H24N4O5/c1-14(11-22(29)30)25-23(31)20-12-21(27-28(20)2)26-24(32)33-13-19-17-9-5-3-7-15(17)16-8-4-6-10-18(16)19/h3-10,12,14,19H,11,13H2,1-2H3,(H,25,31)(H,29,30)(H,26,27,32). The number of aliphatic carboxylic acids is 1. The van der Waals surface area contributed by atoms with Crippen molar-refractivity contribution in [3.05, 3.63) is 71.4 Å². The average molecular weight is 448 g/mol. The summed E-state index contributed by atoms with van der Waals surface area (Å²) >= 11 is 0. The molecule has 1 aromatic heterocycles. The molecule has 9 heteroatoms. The molecule has 2 amide bonds. The monoisotopic (exact) mass is 448 g/mol. The number of anilines is 1. The number of carbonyl (C=O) groups excluding carboxylic acids is 2. The average Bonchev–Trinajstić information content (AvgIpc) is 3.29. The zero-order valence-electron chi connectivity index (χ0n) is 18.2. The lowest BCUT2D eigenvalue weighted by atomic mass is 9.98. The molecule has 1 atom stereocenters. The number of aryl methyl sites for hydroxylation is 1. The van der Waals surface area contributed by atoms with Crippen molar-refractivity contribution < 1.29 is 24.2 Å². The number of ether oxygens (including phenoxy) is 1. The Morgan fingerprint density at radius 3 is 2.30 bits per heavy atom. The van der Waals surface area contributed by atoms with E-state index in [9.17, 15) is 14.4 Å².